The zero-order valence-corrected chi connectivity index (χ0v) is 17.4. The second kappa shape index (κ2) is 11.1. The molecule has 2 fully saturated rings. The molecule has 0 aromatic heterocycles. The normalized spacial score (nSPS) is 22.4. The fraction of sp³-hybridized carbons (Fsp3) is 0.591. The molecule has 2 aliphatic rings. The van der Waals surface area contributed by atoms with E-state index >= 15 is 0 Å². The van der Waals surface area contributed by atoms with Crippen LogP contribution in [0.4, 0.5) is 0 Å². The Hall–Kier alpha value is -2.45. The molecule has 3 amide bonds. The highest BCUT2D eigenvalue weighted by Crippen LogP contribution is 2.23. The Morgan fingerprint density at radius 1 is 1.17 bits per heavy atom. The average Bonchev–Trinajstić information content (AvgIpc) is 3.28. The number of piperidine rings is 1. The summed E-state index contributed by atoms with van der Waals surface area (Å²) in [7, 11) is 0. The molecule has 2 aliphatic heterocycles. The molecular formula is C22H33N5O3. The van der Waals surface area contributed by atoms with Crippen LogP contribution in [0.3, 0.4) is 0 Å². The van der Waals surface area contributed by atoms with Gasteiger partial charge in [0.25, 0.3) is 0 Å². The van der Waals surface area contributed by atoms with Crippen LogP contribution in [0.5, 0.6) is 0 Å². The van der Waals surface area contributed by atoms with Crippen LogP contribution in [0.25, 0.3) is 0 Å². The quantitative estimate of drug-likeness (QED) is 0.482. The molecule has 0 saturated carbocycles. The third kappa shape index (κ3) is 5.79. The highest BCUT2D eigenvalue weighted by atomic mass is 16.2. The Balaban J connectivity index is 1.57. The first-order valence-electron chi connectivity index (χ1n) is 10.9. The highest BCUT2D eigenvalue weighted by Gasteiger charge is 2.38. The summed E-state index contributed by atoms with van der Waals surface area (Å²) in [5.41, 5.74) is 6.66. The minimum absolute atomic E-state index is 0.0451. The van der Waals surface area contributed by atoms with E-state index in [1.165, 1.54) is 0 Å². The molecule has 3 rings (SSSR count). The first-order valence-corrected chi connectivity index (χ1v) is 10.9. The SMILES string of the molecule is NCC[C@H](NC(=O)C1CCCN1C(=O)C1CCCNC1)C(=O)NCc1ccccc1. The smallest absolute Gasteiger partial charge is 0.243 e. The number of hydrogen-bond donors (Lipinski definition) is 4. The van der Waals surface area contributed by atoms with Crippen molar-refractivity contribution in [3.8, 4) is 0 Å². The van der Waals surface area contributed by atoms with Crippen molar-refractivity contribution in [3.63, 3.8) is 0 Å². The average molecular weight is 416 g/mol. The lowest BCUT2D eigenvalue weighted by Gasteiger charge is -2.31. The zero-order chi connectivity index (χ0) is 21.3. The monoisotopic (exact) mass is 415 g/mol. The molecule has 1 aromatic rings. The second-order valence-electron chi connectivity index (χ2n) is 8.07. The van der Waals surface area contributed by atoms with Gasteiger partial charge in [0.2, 0.25) is 17.7 Å². The molecule has 5 N–H and O–H groups in total. The van der Waals surface area contributed by atoms with Crippen LogP contribution in [0.2, 0.25) is 0 Å². The van der Waals surface area contributed by atoms with Gasteiger partial charge in [-0.15, -0.1) is 0 Å². The van der Waals surface area contributed by atoms with Crippen LogP contribution in [0.15, 0.2) is 30.3 Å². The molecule has 0 spiro atoms. The summed E-state index contributed by atoms with van der Waals surface area (Å²) < 4.78 is 0. The van der Waals surface area contributed by atoms with Crippen LogP contribution < -0.4 is 21.7 Å². The minimum Gasteiger partial charge on any atom is -0.350 e. The number of rotatable bonds is 8. The molecule has 8 nitrogen and oxygen atoms in total. The largest absolute Gasteiger partial charge is 0.350 e. The third-order valence-electron chi connectivity index (χ3n) is 5.88. The number of nitrogens with one attached hydrogen (secondary N) is 3. The minimum atomic E-state index is -0.708. The molecule has 2 saturated heterocycles. The van der Waals surface area contributed by atoms with E-state index in [0.717, 1.165) is 31.4 Å². The summed E-state index contributed by atoms with van der Waals surface area (Å²) in [6.45, 7) is 2.87. The summed E-state index contributed by atoms with van der Waals surface area (Å²) in [6.07, 6.45) is 3.60. The van der Waals surface area contributed by atoms with Crippen LogP contribution in [0, 0.1) is 5.92 Å². The topological polar surface area (TPSA) is 117 Å². The van der Waals surface area contributed by atoms with Gasteiger partial charge in [0.15, 0.2) is 0 Å². The summed E-state index contributed by atoms with van der Waals surface area (Å²) in [4.78, 5) is 40.2. The van der Waals surface area contributed by atoms with Crippen molar-refractivity contribution in [2.45, 2.75) is 50.7 Å². The van der Waals surface area contributed by atoms with Crippen LogP contribution in [0.1, 0.15) is 37.7 Å². The van der Waals surface area contributed by atoms with Gasteiger partial charge >= 0.3 is 0 Å². The van der Waals surface area contributed by atoms with Crippen molar-refractivity contribution in [2.24, 2.45) is 11.7 Å². The van der Waals surface area contributed by atoms with Crippen LogP contribution in [-0.4, -0.2) is 60.9 Å². The molecule has 1 aromatic carbocycles. The molecule has 3 atom stereocenters. The Kier molecular flexibility index (Phi) is 8.21. The van der Waals surface area contributed by atoms with Gasteiger partial charge in [-0.3, -0.25) is 14.4 Å². The Bertz CT molecular complexity index is 721. The molecule has 2 heterocycles. The number of benzene rings is 1. The van der Waals surface area contributed by atoms with Gasteiger partial charge in [0, 0.05) is 19.6 Å². The molecule has 164 valence electrons. The standard InChI is InChI=1S/C22H33N5O3/c23-11-10-18(20(28)25-14-16-6-2-1-3-7-16)26-21(29)19-9-5-13-27(19)22(30)17-8-4-12-24-15-17/h1-3,6-7,17-19,24H,4-5,8-15,23H2,(H,25,28)(H,26,29)/t17?,18-,19?/m0/s1. The zero-order valence-electron chi connectivity index (χ0n) is 17.4. The highest BCUT2D eigenvalue weighted by molar-refractivity contribution is 5.92. The lowest BCUT2D eigenvalue weighted by Crippen LogP contribution is -2.54. The van der Waals surface area contributed by atoms with Crippen molar-refractivity contribution in [1.29, 1.82) is 0 Å². The predicted molar refractivity (Wildman–Crippen MR) is 114 cm³/mol. The van der Waals surface area contributed by atoms with E-state index in [4.69, 9.17) is 5.73 Å². The summed E-state index contributed by atoms with van der Waals surface area (Å²) in [6, 6.07) is 8.38. The number of likely N-dealkylation sites (tertiary alicyclic amines) is 1. The van der Waals surface area contributed by atoms with E-state index < -0.39 is 12.1 Å². The molecule has 8 heteroatoms. The molecule has 0 aliphatic carbocycles. The summed E-state index contributed by atoms with van der Waals surface area (Å²) in [5.74, 6) is -0.548. The Morgan fingerprint density at radius 2 is 1.97 bits per heavy atom. The van der Waals surface area contributed by atoms with E-state index in [1.807, 2.05) is 30.3 Å². The van der Waals surface area contributed by atoms with E-state index in [0.29, 0.717) is 32.5 Å². The predicted octanol–water partition coefficient (Wildman–Crippen LogP) is 0.127. The third-order valence-corrected chi connectivity index (χ3v) is 5.88. The lowest BCUT2D eigenvalue weighted by molar-refractivity contribution is -0.142. The molecule has 30 heavy (non-hydrogen) atoms. The van der Waals surface area contributed by atoms with Crippen molar-refractivity contribution < 1.29 is 14.4 Å². The second-order valence-corrected chi connectivity index (χ2v) is 8.07. The fourth-order valence-electron chi connectivity index (χ4n) is 4.21. The lowest BCUT2D eigenvalue weighted by atomic mass is 9.97. The van der Waals surface area contributed by atoms with Gasteiger partial charge in [-0.25, -0.2) is 0 Å². The first kappa shape index (κ1) is 22.2. The molecule has 2 unspecified atom stereocenters. The first-order chi connectivity index (χ1) is 14.6. The van der Waals surface area contributed by atoms with E-state index in [2.05, 4.69) is 16.0 Å². The van der Waals surface area contributed by atoms with Gasteiger partial charge in [-0.2, -0.15) is 0 Å². The summed E-state index contributed by atoms with van der Waals surface area (Å²) >= 11 is 0. The maximum absolute atomic E-state index is 13.0. The molecule has 0 bridgehead atoms. The van der Waals surface area contributed by atoms with Gasteiger partial charge in [0.05, 0.1) is 5.92 Å². The number of nitrogens with zero attached hydrogens (tertiary/aromatic N) is 1. The number of amides is 3. The molecule has 0 radical (unpaired) electrons. The van der Waals surface area contributed by atoms with Crippen molar-refractivity contribution >= 4 is 17.7 Å². The van der Waals surface area contributed by atoms with Crippen molar-refractivity contribution in [3.05, 3.63) is 35.9 Å². The molecular weight excluding hydrogens is 382 g/mol. The van der Waals surface area contributed by atoms with Gasteiger partial charge in [-0.1, -0.05) is 30.3 Å². The van der Waals surface area contributed by atoms with Crippen molar-refractivity contribution in [1.82, 2.24) is 20.9 Å². The number of carbonyl (C=O) groups excluding carboxylic acids is 3. The number of hydrogen-bond acceptors (Lipinski definition) is 5. The maximum atomic E-state index is 13.0. The Labute approximate surface area is 177 Å². The number of carbonyl (C=O) groups is 3. The van der Waals surface area contributed by atoms with Crippen molar-refractivity contribution in [2.75, 3.05) is 26.2 Å². The fourth-order valence-corrected chi connectivity index (χ4v) is 4.21. The van der Waals surface area contributed by atoms with E-state index in [-0.39, 0.29) is 30.2 Å². The van der Waals surface area contributed by atoms with E-state index in [1.54, 1.807) is 4.90 Å². The van der Waals surface area contributed by atoms with Gasteiger partial charge < -0.3 is 26.6 Å². The van der Waals surface area contributed by atoms with Crippen LogP contribution in [-0.2, 0) is 20.9 Å². The summed E-state index contributed by atoms with van der Waals surface area (Å²) in [5, 5.41) is 8.97. The van der Waals surface area contributed by atoms with Crippen LogP contribution >= 0.6 is 0 Å². The van der Waals surface area contributed by atoms with Gasteiger partial charge in [-0.05, 0) is 50.8 Å². The Morgan fingerprint density at radius 3 is 2.67 bits per heavy atom. The number of nitrogens with two attached hydrogens (primary N) is 1. The van der Waals surface area contributed by atoms with Gasteiger partial charge in [0.1, 0.15) is 12.1 Å². The van der Waals surface area contributed by atoms with E-state index in [9.17, 15) is 14.4 Å². The maximum Gasteiger partial charge on any atom is 0.243 e.